The van der Waals surface area contributed by atoms with Gasteiger partial charge in [0.05, 0.1) is 0 Å². The van der Waals surface area contributed by atoms with Crippen LogP contribution in [0.1, 0.15) is 89.2 Å². The molecule has 0 saturated carbocycles. The van der Waals surface area contributed by atoms with Crippen LogP contribution >= 0.6 is 0 Å². The van der Waals surface area contributed by atoms with E-state index in [1.54, 1.807) is 0 Å². The molecule has 0 fully saturated rings. The lowest BCUT2D eigenvalue weighted by Gasteiger charge is -2.09. The number of hydrogen-bond donors (Lipinski definition) is 0. The first kappa shape index (κ1) is 22.5. The molecule has 0 spiro atoms. The van der Waals surface area contributed by atoms with Gasteiger partial charge in [-0.3, -0.25) is 0 Å². The normalized spacial score (nSPS) is 12.2. The Morgan fingerprint density at radius 3 is 2.00 bits per heavy atom. The van der Waals surface area contributed by atoms with Crippen molar-refractivity contribution in [3.05, 3.63) is 47.8 Å². The van der Waals surface area contributed by atoms with Gasteiger partial charge in [-0.05, 0) is 43.2 Å². The Labute approximate surface area is 171 Å². The topological polar surface area (TPSA) is 25.8 Å². The van der Waals surface area contributed by atoms with E-state index in [9.17, 15) is 4.39 Å². The summed E-state index contributed by atoms with van der Waals surface area (Å²) in [5.41, 5.74) is 3.43. The van der Waals surface area contributed by atoms with E-state index in [0.29, 0.717) is 12.8 Å². The molecule has 0 saturated heterocycles. The summed E-state index contributed by atoms with van der Waals surface area (Å²) in [6.07, 6.45) is 16.0. The van der Waals surface area contributed by atoms with Gasteiger partial charge in [-0.1, -0.05) is 83.1 Å². The summed E-state index contributed by atoms with van der Waals surface area (Å²) in [5.74, 6) is 0.767. The minimum Gasteiger partial charge on any atom is -0.247 e. The van der Waals surface area contributed by atoms with Crippen molar-refractivity contribution in [2.45, 2.75) is 97.1 Å². The molecule has 0 radical (unpaired) electrons. The second-order valence-electron chi connectivity index (χ2n) is 7.91. The third kappa shape index (κ3) is 8.50. The van der Waals surface area contributed by atoms with E-state index in [-0.39, 0.29) is 0 Å². The van der Waals surface area contributed by atoms with Gasteiger partial charge >= 0.3 is 0 Å². The second kappa shape index (κ2) is 13.4. The van der Waals surface area contributed by atoms with Crippen LogP contribution < -0.4 is 0 Å². The summed E-state index contributed by atoms with van der Waals surface area (Å²) in [6, 6.07) is 8.28. The van der Waals surface area contributed by atoms with Crippen LogP contribution in [-0.2, 0) is 12.8 Å². The Kier molecular flexibility index (Phi) is 10.8. The van der Waals surface area contributed by atoms with Crippen LogP contribution in [0.2, 0.25) is 0 Å². The lowest BCUT2D eigenvalue weighted by molar-refractivity contribution is 0.288. The highest BCUT2D eigenvalue weighted by atomic mass is 19.1. The number of alkyl halides is 1. The highest BCUT2D eigenvalue weighted by Crippen LogP contribution is 2.19. The molecular formula is C25H37FN2. The number of aromatic nitrogens is 2. The number of hydrogen-bond acceptors (Lipinski definition) is 2. The zero-order chi connectivity index (χ0) is 20.0. The molecule has 0 N–H and O–H groups in total. The van der Waals surface area contributed by atoms with Crippen LogP contribution in [0.25, 0.3) is 11.4 Å². The van der Waals surface area contributed by atoms with Crippen molar-refractivity contribution < 1.29 is 4.39 Å². The molecule has 28 heavy (non-hydrogen) atoms. The van der Waals surface area contributed by atoms with Gasteiger partial charge in [0.2, 0.25) is 0 Å². The molecular weight excluding hydrogens is 347 g/mol. The van der Waals surface area contributed by atoms with Gasteiger partial charge in [-0.25, -0.2) is 14.4 Å². The van der Waals surface area contributed by atoms with Gasteiger partial charge in [0.15, 0.2) is 5.82 Å². The van der Waals surface area contributed by atoms with Crippen LogP contribution in [0, 0.1) is 0 Å². The fourth-order valence-electron chi connectivity index (χ4n) is 3.47. The Bertz CT molecular complexity index is 637. The molecule has 0 amide bonds. The summed E-state index contributed by atoms with van der Waals surface area (Å²) >= 11 is 0. The molecule has 0 bridgehead atoms. The predicted octanol–water partition coefficient (Wildman–Crippen LogP) is 7.51. The molecule has 154 valence electrons. The fraction of sp³-hybridized carbons (Fsp3) is 0.600. The molecule has 0 aliphatic rings. The molecule has 0 aliphatic carbocycles. The maximum Gasteiger partial charge on any atom is 0.159 e. The van der Waals surface area contributed by atoms with Gasteiger partial charge in [0.25, 0.3) is 0 Å². The quantitative estimate of drug-likeness (QED) is 0.315. The van der Waals surface area contributed by atoms with E-state index in [4.69, 9.17) is 0 Å². The van der Waals surface area contributed by atoms with E-state index in [1.165, 1.54) is 49.7 Å². The van der Waals surface area contributed by atoms with Crippen molar-refractivity contribution in [3.8, 4) is 11.4 Å². The van der Waals surface area contributed by atoms with Crippen molar-refractivity contribution in [3.63, 3.8) is 0 Å². The number of unbranched alkanes of at least 4 members (excludes halogenated alkanes) is 6. The number of halogens is 1. The summed E-state index contributed by atoms with van der Waals surface area (Å²) in [4.78, 5) is 9.06. The van der Waals surface area contributed by atoms with E-state index in [1.807, 2.05) is 12.4 Å². The lowest BCUT2D eigenvalue weighted by Crippen LogP contribution is -2.02. The molecule has 0 aliphatic heterocycles. The Balaban J connectivity index is 1.77. The Morgan fingerprint density at radius 1 is 0.714 bits per heavy atom. The molecule has 1 aromatic heterocycles. The monoisotopic (exact) mass is 384 g/mol. The summed E-state index contributed by atoms with van der Waals surface area (Å²) in [5, 5.41) is 0. The zero-order valence-electron chi connectivity index (χ0n) is 17.8. The number of benzene rings is 1. The van der Waals surface area contributed by atoms with E-state index >= 15 is 0 Å². The summed E-state index contributed by atoms with van der Waals surface area (Å²) < 4.78 is 14.0. The number of aryl methyl sites for hydroxylation is 2. The average Bonchev–Trinajstić information content (AvgIpc) is 2.74. The number of nitrogens with zero attached hydrogens (tertiary/aromatic N) is 2. The van der Waals surface area contributed by atoms with Crippen molar-refractivity contribution in [2.24, 2.45) is 0 Å². The van der Waals surface area contributed by atoms with Gasteiger partial charge in [-0.15, -0.1) is 0 Å². The molecule has 1 heterocycles. The maximum atomic E-state index is 14.0. The maximum absolute atomic E-state index is 14.0. The minimum absolute atomic E-state index is 0.620. The summed E-state index contributed by atoms with van der Waals surface area (Å²) in [6.45, 7) is 4.42. The molecule has 2 aromatic rings. The smallest absolute Gasteiger partial charge is 0.159 e. The zero-order valence-corrected chi connectivity index (χ0v) is 17.8. The highest BCUT2D eigenvalue weighted by molar-refractivity contribution is 5.55. The molecule has 3 heteroatoms. The fourth-order valence-corrected chi connectivity index (χ4v) is 3.47. The Morgan fingerprint density at radius 2 is 1.36 bits per heavy atom. The molecule has 1 atom stereocenters. The summed E-state index contributed by atoms with van der Waals surface area (Å²) in [7, 11) is 0. The van der Waals surface area contributed by atoms with Crippen LogP contribution in [0.4, 0.5) is 4.39 Å². The second-order valence-corrected chi connectivity index (χ2v) is 7.91. The Hall–Kier alpha value is -1.77. The SMILES string of the molecule is CCCCCCc1cnc(-c2ccc(CC[C@@H](F)CCCCCC)cc2)nc1. The standard InChI is InChI=1S/C25H37FN2/c1-3-5-7-9-11-22-19-27-25(28-20-22)23-16-13-21(14-17-23)15-18-24(26)12-10-8-6-4-2/h13-14,16-17,19-20,24H,3-12,15,18H2,1-2H3/t24-/m0/s1. The van der Waals surface area contributed by atoms with Crippen LogP contribution in [0.5, 0.6) is 0 Å². The van der Waals surface area contributed by atoms with Crippen LogP contribution in [-0.4, -0.2) is 16.1 Å². The first-order valence-electron chi connectivity index (χ1n) is 11.3. The van der Waals surface area contributed by atoms with Gasteiger partial charge in [0.1, 0.15) is 6.17 Å². The largest absolute Gasteiger partial charge is 0.247 e. The molecule has 2 rings (SSSR count). The molecule has 2 nitrogen and oxygen atoms in total. The molecule has 0 unspecified atom stereocenters. The lowest BCUT2D eigenvalue weighted by atomic mass is 10.0. The third-order valence-corrected chi connectivity index (χ3v) is 5.35. The first-order chi connectivity index (χ1) is 13.7. The minimum atomic E-state index is -0.676. The van der Waals surface area contributed by atoms with Crippen molar-refractivity contribution in [2.75, 3.05) is 0 Å². The molecule has 1 aromatic carbocycles. The van der Waals surface area contributed by atoms with Crippen molar-refractivity contribution in [1.29, 1.82) is 0 Å². The van der Waals surface area contributed by atoms with Gasteiger partial charge in [0, 0.05) is 18.0 Å². The van der Waals surface area contributed by atoms with E-state index in [2.05, 4.69) is 48.1 Å². The first-order valence-corrected chi connectivity index (χ1v) is 11.3. The van der Waals surface area contributed by atoms with Crippen molar-refractivity contribution >= 4 is 0 Å². The van der Waals surface area contributed by atoms with Gasteiger partial charge in [-0.2, -0.15) is 0 Å². The van der Waals surface area contributed by atoms with E-state index < -0.39 is 6.17 Å². The van der Waals surface area contributed by atoms with Crippen LogP contribution in [0.15, 0.2) is 36.7 Å². The van der Waals surface area contributed by atoms with Crippen molar-refractivity contribution in [1.82, 2.24) is 9.97 Å². The third-order valence-electron chi connectivity index (χ3n) is 5.35. The van der Waals surface area contributed by atoms with Crippen LogP contribution in [0.3, 0.4) is 0 Å². The predicted molar refractivity (Wildman–Crippen MR) is 117 cm³/mol. The highest BCUT2D eigenvalue weighted by Gasteiger charge is 2.07. The van der Waals surface area contributed by atoms with Gasteiger partial charge < -0.3 is 0 Å². The number of rotatable bonds is 14. The van der Waals surface area contributed by atoms with E-state index in [0.717, 1.165) is 37.1 Å². The average molecular weight is 385 g/mol.